The standard InChI is InChI=1S/C17H23NO2/c1-12(2)19-16-9-6-15(7-10-16)14(4)18-11-17-8-5-13(3)20-17/h5-10,12,14,18H,11H2,1-4H3. The zero-order valence-corrected chi connectivity index (χ0v) is 12.6. The van der Waals surface area contributed by atoms with Crippen LogP contribution in [0, 0.1) is 6.92 Å². The van der Waals surface area contributed by atoms with Crippen LogP contribution in [0.1, 0.15) is 43.9 Å². The fourth-order valence-electron chi connectivity index (χ4n) is 2.06. The molecule has 0 aliphatic carbocycles. The fraction of sp³-hybridized carbons (Fsp3) is 0.412. The summed E-state index contributed by atoms with van der Waals surface area (Å²) in [5.74, 6) is 2.83. The lowest BCUT2D eigenvalue weighted by molar-refractivity contribution is 0.242. The summed E-state index contributed by atoms with van der Waals surface area (Å²) in [7, 11) is 0. The second kappa shape index (κ2) is 6.62. The highest BCUT2D eigenvalue weighted by molar-refractivity contribution is 5.29. The van der Waals surface area contributed by atoms with Crippen molar-refractivity contribution in [2.24, 2.45) is 0 Å². The van der Waals surface area contributed by atoms with Crippen LogP contribution in [0.25, 0.3) is 0 Å². The monoisotopic (exact) mass is 273 g/mol. The minimum absolute atomic E-state index is 0.207. The van der Waals surface area contributed by atoms with Crippen LogP contribution in [0.3, 0.4) is 0 Å². The predicted octanol–water partition coefficient (Wildman–Crippen LogP) is 4.23. The van der Waals surface area contributed by atoms with E-state index in [2.05, 4.69) is 24.4 Å². The van der Waals surface area contributed by atoms with E-state index in [0.717, 1.165) is 23.8 Å². The van der Waals surface area contributed by atoms with Crippen LogP contribution >= 0.6 is 0 Å². The number of furan rings is 1. The van der Waals surface area contributed by atoms with E-state index in [1.165, 1.54) is 5.56 Å². The third-order valence-corrected chi connectivity index (χ3v) is 3.13. The van der Waals surface area contributed by atoms with Gasteiger partial charge in [0.05, 0.1) is 12.6 Å². The Bertz CT molecular complexity index is 528. The molecule has 1 aromatic carbocycles. The maximum absolute atomic E-state index is 5.65. The molecule has 1 heterocycles. The summed E-state index contributed by atoms with van der Waals surface area (Å²) in [4.78, 5) is 0. The van der Waals surface area contributed by atoms with E-state index in [4.69, 9.17) is 9.15 Å². The lowest BCUT2D eigenvalue weighted by Crippen LogP contribution is -2.17. The topological polar surface area (TPSA) is 34.4 Å². The van der Waals surface area contributed by atoms with Gasteiger partial charge < -0.3 is 14.5 Å². The van der Waals surface area contributed by atoms with Crippen LogP contribution in [0.4, 0.5) is 0 Å². The lowest BCUT2D eigenvalue weighted by atomic mass is 10.1. The van der Waals surface area contributed by atoms with Crippen LogP contribution in [0.15, 0.2) is 40.8 Å². The first-order valence-corrected chi connectivity index (χ1v) is 7.10. The number of nitrogens with one attached hydrogen (secondary N) is 1. The van der Waals surface area contributed by atoms with Crippen molar-refractivity contribution >= 4 is 0 Å². The normalized spacial score (nSPS) is 12.7. The van der Waals surface area contributed by atoms with Crippen LogP contribution in [0.2, 0.25) is 0 Å². The molecule has 0 saturated carbocycles. The molecule has 0 radical (unpaired) electrons. The largest absolute Gasteiger partial charge is 0.491 e. The predicted molar refractivity (Wildman–Crippen MR) is 80.9 cm³/mol. The molecular formula is C17H23NO2. The summed E-state index contributed by atoms with van der Waals surface area (Å²) in [5.41, 5.74) is 1.24. The highest BCUT2D eigenvalue weighted by Crippen LogP contribution is 2.19. The maximum atomic E-state index is 5.65. The average molecular weight is 273 g/mol. The smallest absolute Gasteiger partial charge is 0.119 e. The Balaban J connectivity index is 1.90. The SMILES string of the molecule is Cc1ccc(CNC(C)c2ccc(OC(C)C)cc2)o1. The van der Waals surface area contributed by atoms with Gasteiger partial charge in [0.2, 0.25) is 0 Å². The van der Waals surface area contributed by atoms with Crippen molar-refractivity contribution in [2.45, 2.75) is 46.4 Å². The Morgan fingerprint density at radius 2 is 1.75 bits per heavy atom. The van der Waals surface area contributed by atoms with E-state index in [-0.39, 0.29) is 12.1 Å². The molecule has 0 fully saturated rings. The van der Waals surface area contributed by atoms with Gasteiger partial charge in [0, 0.05) is 6.04 Å². The first kappa shape index (κ1) is 14.7. The van der Waals surface area contributed by atoms with E-state index < -0.39 is 0 Å². The van der Waals surface area contributed by atoms with Gasteiger partial charge in [-0.1, -0.05) is 12.1 Å². The van der Waals surface area contributed by atoms with Crippen molar-refractivity contribution in [2.75, 3.05) is 0 Å². The van der Waals surface area contributed by atoms with Crippen molar-refractivity contribution in [1.82, 2.24) is 5.32 Å². The third-order valence-electron chi connectivity index (χ3n) is 3.13. The number of ether oxygens (including phenoxy) is 1. The Morgan fingerprint density at radius 3 is 2.30 bits per heavy atom. The lowest BCUT2D eigenvalue weighted by Gasteiger charge is -2.15. The van der Waals surface area contributed by atoms with Crippen molar-refractivity contribution < 1.29 is 9.15 Å². The zero-order valence-electron chi connectivity index (χ0n) is 12.6. The number of benzene rings is 1. The molecule has 1 unspecified atom stereocenters. The first-order chi connectivity index (χ1) is 9.54. The van der Waals surface area contributed by atoms with E-state index in [1.54, 1.807) is 0 Å². The second-order valence-electron chi connectivity index (χ2n) is 5.35. The van der Waals surface area contributed by atoms with Gasteiger partial charge in [0.1, 0.15) is 17.3 Å². The van der Waals surface area contributed by atoms with E-state index in [1.807, 2.05) is 45.0 Å². The number of hydrogen-bond donors (Lipinski definition) is 1. The van der Waals surface area contributed by atoms with Crippen LogP contribution in [0.5, 0.6) is 5.75 Å². The molecule has 0 spiro atoms. The average Bonchev–Trinajstić information content (AvgIpc) is 2.82. The third kappa shape index (κ3) is 4.14. The molecule has 0 aliphatic rings. The fourth-order valence-corrected chi connectivity index (χ4v) is 2.06. The van der Waals surface area contributed by atoms with Gasteiger partial charge in [0.25, 0.3) is 0 Å². The van der Waals surface area contributed by atoms with Gasteiger partial charge in [-0.2, -0.15) is 0 Å². The molecule has 0 amide bonds. The van der Waals surface area contributed by atoms with Gasteiger partial charge in [0.15, 0.2) is 0 Å². The van der Waals surface area contributed by atoms with Crippen molar-refractivity contribution in [1.29, 1.82) is 0 Å². The van der Waals surface area contributed by atoms with E-state index in [0.29, 0.717) is 0 Å². The summed E-state index contributed by atoms with van der Waals surface area (Å²) >= 11 is 0. The van der Waals surface area contributed by atoms with Crippen molar-refractivity contribution in [3.63, 3.8) is 0 Å². The van der Waals surface area contributed by atoms with Crippen LogP contribution in [-0.4, -0.2) is 6.10 Å². The van der Waals surface area contributed by atoms with Gasteiger partial charge in [-0.15, -0.1) is 0 Å². The summed E-state index contributed by atoms with van der Waals surface area (Å²) in [6.45, 7) is 8.90. The molecule has 108 valence electrons. The van der Waals surface area contributed by atoms with Gasteiger partial charge >= 0.3 is 0 Å². The molecule has 2 rings (SSSR count). The molecule has 1 N–H and O–H groups in total. The van der Waals surface area contributed by atoms with E-state index in [9.17, 15) is 0 Å². The van der Waals surface area contributed by atoms with Gasteiger partial charge in [-0.05, 0) is 57.5 Å². The van der Waals surface area contributed by atoms with Crippen molar-refractivity contribution in [3.8, 4) is 5.75 Å². The molecular weight excluding hydrogens is 250 g/mol. The zero-order chi connectivity index (χ0) is 14.5. The number of hydrogen-bond acceptors (Lipinski definition) is 3. The van der Waals surface area contributed by atoms with E-state index >= 15 is 0 Å². The summed E-state index contributed by atoms with van der Waals surface area (Å²) in [5, 5.41) is 3.45. The molecule has 3 nitrogen and oxygen atoms in total. The summed E-state index contributed by atoms with van der Waals surface area (Å²) in [6.07, 6.45) is 0.207. The van der Waals surface area contributed by atoms with Gasteiger partial charge in [-0.25, -0.2) is 0 Å². The van der Waals surface area contributed by atoms with Crippen molar-refractivity contribution in [3.05, 3.63) is 53.5 Å². The summed E-state index contributed by atoms with van der Waals surface area (Å²) < 4.78 is 11.2. The molecule has 1 aromatic heterocycles. The Kier molecular flexibility index (Phi) is 4.85. The highest BCUT2D eigenvalue weighted by Gasteiger charge is 2.07. The molecule has 0 aliphatic heterocycles. The Labute approximate surface area is 121 Å². The quantitative estimate of drug-likeness (QED) is 0.855. The van der Waals surface area contributed by atoms with Crippen LogP contribution < -0.4 is 10.1 Å². The molecule has 0 bridgehead atoms. The second-order valence-corrected chi connectivity index (χ2v) is 5.35. The minimum Gasteiger partial charge on any atom is -0.491 e. The van der Waals surface area contributed by atoms with Crippen LogP contribution in [-0.2, 0) is 6.54 Å². The minimum atomic E-state index is 0.207. The molecule has 2 aromatic rings. The maximum Gasteiger partial charge on any atom is 0.119 e. The number of rotatable bonds is 6. The number of aryl methyl sites for hydroxylation is 1. The molecule has 3 heteroatoms. The highest BCUT2D eigenvalue weighted by atomic mass is 16.5. The van der Waals surface area contributed by atoms with Gasteiger partial charge in [-0.3, -0.25) is 0 Å². The Hall–Kier alpha value is -1.74. The Morgan fingerprint density at radius 1 is 1.05 bits per heavy atom. The first-order valence-electron chi connectivity index (χ1n) is 7.10. The molecule has 0 saturated heterocycles. The summed E-state index contributed by atoms with van der Waals surface area (Å²) in [6, 6.07) is 12.5. The molecule has 20 heavy (non-hydrogen) atoms. The molecule has 1 atom stereocenters.